The highest BCUT2D eigenvalue weighted by atomic mass is 79.9. The third-order valence-corrected chi connectivity index (χ3v) is 5.98. The third kappa shape index (κ3) is 3.32. The number of halogens is 1. The Hall–Kier alpha value is -1.47. The first-order chi connectivity index (χ1) is 11.5. The summed E-state index contributed by atoms with van der Waals surface area (Å²) < 4.78 is 2.80. The van der Waals surface area contributed by atoms with Crippen molar-refractivity contribution in [3.63, 3.8) is 0 Å². The van der Waals surface area contributed by atoms with Gasteiger partial charge in [0.1, 0.15) is 5.82 Å². The molecule has 5 nitrogen and oxygen atoms in total. The molecule has 2 heterocycles. The van der Waals surface area contributed by atoms with Crippen LogP contribution in [0.25, 0.3) is 0 Å². The summed E-state index contributed by atoms with van der Waals surface area (Å²) in [5.74, 6) is 0.873. The molecule has 7 heteroatoms. The van der Waals surface area contributed by atoms with Crippen LogP contribution in [0.2, 0.25) is 0 Å². The fraction of sp³-hybridized carbons (Fsp3) is 0.412. The van der Waals surface area contributed by atoms with Gasteiger partial charge in [0.2, 0.25) is 5.91 Å². The number of amides is 1. The largest absolute Gasteiger partial charge is 0.310 e. The van der Waals surface area contributed by atoms with Crippen LogP contribution in [0.3, 0.4) is 0 Å². The average molecular weight is 410 g/mol. The van der Waals surface area contributed by atoms with Crippen molar-refractivity contribution >= 4 is 39.4 Å². The minimum absolute atomic E-state index is 0.0719. The second kappa shape index (κ2) is 7.19. The van der Waals surface area contributed by atoms with Gasteiger partial charge in [0.15, 0.2) is 0 Å². The first-order valence-corrected chi connectivity index (χ1v) is 9.86. The molecule has 0 saturated carbocycles. The Labute approximate surface area is 153 Å². The molecular formula is C17H20BrN3O2S. The Balaban J connectivity index is 2.11. The van der Waals surface area contributed by atoms with Gasteiger partial charge in [-0.15, -0.1) is 11.8 Å². The number of nitrogens with one attached hydrogen (secondary N) is 2. The Morgan fingerprint density at radius 2 is 2.04 bits per heavy atom. The molecule has 2 N–H and O–H groups in total. The van der Waals surface area contributed by atoms with Crippen molar-refractivity contribution in [3.05, 3.63) is 50.2 Å². The van der Waals surface area contributed by atoms with Crippen LogP contribution in [0.15, 0.2) is 33.5 Å². The highest BCUT2D eigenvalue weighted by molar-refractivity contribution is 9.10. The molecule has 2 aromatic rings. The average Bonchev–Trinajstić information content (AvgIpc) is 2.75. The minimum atomic E-state index is -0.161. The first-order valence-electron chi connectivity index (χ1n) is 8.02. The zero-order valence-electron chi connectivity index (χ0n) is 13.6. The Kier molecular flexibility index (Phi) is 5.20. The van der Waals surface area contributed by atoms with E-state index in [-0.39, 0.29) is 22.8 Å². The number of aromatic amines is 1. The van der Waals surface area contributed by atoms with E-state index in [2.05, 4.69) is 40.2 Å². The van der Waals surface area contributed by atoms with Crippen molar-refractivity contribution in [2.24, 2.45) is 0 Å². The summed E-state index contributed by atoms with van der Waals surface area (Å²) in [6, 6.07) is 8.03. The van der Waals surface area contributed by atoms with Gasteiger partial charge in [0.25, 0.3) is 5.56 Å². The smallest absolute Gasteiger partial charge is 0.270 e. The third-order valence-electron chi connectivity index (χ3n) is 4.18. The van der Waals surface area contributed by atoms with Gasteiger partial charge in [-0.25, -0.2) is 0 Å². The molecule has 3 rings (SSSR count). The van der Waals surface area contributed by atoms with Gasteiger partial charge in [-0.3, -0.25) is 19.4 Å². The standard InChI is InChI=1S/C17H20BrN3O2S/c1-3-4-10(2)21-16-14(17(23)20-21)15(24-9-13(22)19-16)11-5-7-12(18)8-6-11/h5-8,10,15H,3-4,9H2,1-2H3,(H,19,22)(H,20,23)/t10-,15+/m0/s1. The zero-order valence-corrected chi connectivity index (χ0v) is 16.0. The summed E-state index contributed by atoms with van der Waals surface area (Å²) in [5.41, 5.74) is 1.53. The van der Waals surface area contributed by atoms with Crippen molar-refractivity contribution < 1.29 is 4.79 Å². The number of rotatable bonds is 4. The van der Waals surface area contributed by atoms with Crippen molar-refractivity contribution in [3.8, 4) is 0 Å². The van der Waals surface area contributed by atoms with Gasteiger partial charge in [-0.2, -0.15) is 0 Å². The molecule has 0 bridgehead atoms. The first kappa shape index (κ1) is 17.4. The van der Waals surface area contributed by atoms with Gasteiger partial charge < -0.3 is 5.32 Å². The minimum Gasteiger partial charge on any atom is -0.310 e. The molecule has 1 aromatic heterocycles. The normalized spacial score (nSPS) is 18.6. The molecule has 0 spiro atoms. The number of H-pyrrole nitrogens is 1. The van der Waals surface area contributed by atoms with Crippen LogP contribution in [-0.4, -0.2) is 21.4 Å². The SMILES string of the molecule is CCC[C@H](C)n1[nH]c(=O)c2c1NC(=O)CS[C@@H]2c1ccc(Br)cc1. The molecule has 0 radical (unpaired) electrons. The molecule has 0 fully saturated rings. The van der Waals surface area contributed by atoms with Crippen molar-refractivity contribution in [2.45, 2.75) is 38.0 Å². The zero-order chi connectivity index (χ0) is 17.3. The maximum Gasteiger partial charge on any atom is 0.270 e. The fourth-order valence-corrected chi connectivity index (χ4v) is 4.41. The molecule has 1 aromatic carbocycles. The van der Waals surface area contributed by atoms with E-state index in [9.17, 15) is 9.59 Å². The van der Waals surface area contributed by atoms with Crippen molar-refractivity contribution in [1.82, 2.24) is 9.78 Å². The van der Waals surface area contributed by atoms with E-state index in [1.165, 1.54) is 11.8 Å². The van der Waals surface area contributed by atoms with Gasteiger partial charge in [-0.05, 0) is 31.0 Å². The lowest BCUT2D eigenvalue weighted by Crippen LogP contribution is -2.18. The number of nitrogens with zero attached hydrogens (tertiary/aromatic N) is 1. The number of anilines is 1. The summed E-state index contributed by atoms with van der Waals surface area (Å²) in [6.07, 6.45) is 1.94. The second-order valence-corrected chi connectivity index (χ2v) is 8.01. The molecule has 24 heavy (non-hydrogen) atoms. The van der Waals surface area contributed by atoms with Crippen LogP contribution < -0.4 is 10.9 Å². The summed E-state index contributed by atoms with van der Waals surface area (Å²) in [6.45, 7) is 4.16. The van der Waals surface area contributed by atoms with E-state index in [0.29, 0.717) is 17.1 Å². The number of hydrogen-bond acceptors (Lipinski definition) is 3. The lowest BCUT2D eigenvalue weighted by molar-refractivity contribution is -0.113. The molecule has 0 saturated heterocycles. The van der Waals surface area contributed by atoms with E-state index in [0.717, 1.165) is 22.9 Å². The van der Waals surface area contributed by atoms with E-state index < -0.39 is 0 Å². The summed E-state index contributed by atoms with van der Waals surface area (Å²) in [7, 11) is 0. The summed E-state index contributed by atoms with van der Waals surface area (Å²) >= 11 is 4.92. The van der Waals surface area contributed by atoms with E-state index in [1.54, 1.807) is 0 Å². The maximum atomic E-state index is 12.7. The predicted octanol–water partition coefficient (Wildman–Crippen LogP) is 4.07. The number of carbonyl (C=O) groups excluding carboxylic acids is 1. The van der Waals surface area contributed by atoms with Crippen LogP contribution in [0, 0.1) is 0 Å². The molecule has 0 aliphatic carbocycles. The predicted molar refractivity (Wildman–Crippen MR) is 102 cm³/mol. The van der Waals surface area contributed by atoms with Crippen LogP contribution >= 0.6 is 27.7 Å². The van der Waals surface area contributed by atoms with Gasteiger partial charge in [0.05, 0.1) is 16.6 Å². The Bertz CT molecular complexity index is 797. The number of hydrogen-bond donors (Lipinski definition) is 2. The molecule has 1 amide bonds. The molecule has 2 atom stereocenters. The molecular weight excluding hydrogens is 390 g/mol. The van der Waals surface area contributed by atoms with Crippen molar-refractivity contribution in [2.75, 3.05) is 11.1 Å². The second-order valence-electron chi connectivity index (χ2n) is 6.00. The highest BCUT2D eigenvalue weighted by Crippen LogP contribution is 2.40. The Morgan fingerprint density at radius 1 is 1.33 bits per heavy atom. The molecule has 0 unspecified atom stereocenters. The topological polar surface area (TPSA) is 66.9 Å². The summed E-state index contributed by atoms with van der Waals surface area (Å²) in [4.78, 5) is 24.8. The van der Waals surface area contributed by atoms with Gasteiger partial charge >= 0.3 is 0 Å². The number of thioether (sulfide) groups is 1. The van der Waals surface area contributed by atoms with E-state index >= 15 is 0 Å². The van der Waals surface area contributed by atoms with Crippen LogP contribution in [0.4, 0.5) is 5.82 Å². The fourth-order valence-electron chi connectivity index (χ4n) is 3.02. The van der Waals surface area contributed by atoms with Crippen LogP contribution in [-0.2, 0) is 4.79 Å². The Morgan fingerprint density at radius 3 is 2.71 bits per heavy atom. The van der Waals surface area contributed by atoms with Crippen molar-refractivity contribution in [1.29, 1.82) is 0 Å². The number of benzene rings is 1. The van der Waals surface area contributed by atoms with E-state index in [1.807, 2.05) is 28.9 Å². The van der Waals surface area contributed by atoms with Crippen LogP contribution in [0.1, 0.15) is 49.1 Å². The maximum absolute atomic E-state index is 12.7. The molecule has 1 aliphatic heterocycles. The summed E-state index contributed by atoms with van der Waals surface area (Å²) in [5, 5.41) is 5.69. The molecule has 1 aliphatic rings. The quantitative estimate of drug-likeness (QED) is 0.799. The number of fused-ring (bicyclic) bond motifs is 1. The molecule has 128 valence electrons. The number of carbonyl (C=O) groups is 1. The highest BCUT2D eigenvalue weighted by Gasteiger charge is 2.31. The van der Waals surface area contributed by atoms with E-state index in [4.69, 9.17) is 0 Å². The van der Waals surface area contributed by atoms with Gasteiger partial charge in [0, 0.05) is 10.5 Å². The lowest BCUT2D eigenvalue weighted by atomic mass is 10.1. The van der Waals surface area contributed by atoms with Gasteiger partial charge in [-0.1, -0.05) is 41.4 Å². The van der Waals surface area contributed by atoms with Crippen LogP contribution in [0.5, 0.6) is 0 Å². The number of aromatic nitrogens is 2. The monoisotopic (exact) mass is 409 g/mol. The lowest BCUT2D eigenvalue weighted by Gasteiger charge is -2.17.